The van der Waals surface area contributed by atoms with E-state index < -0.39 is 0 Å². The van der Waals surface area contributed by atoms with Crippen LogP contribution in [0.15, 0.2) is 59.4 Å². The van der Waals surface area contributed by atoms with E-state index in [1.165, 1.54) is 32.7 Å². The summed E-state index contributed by atoms with van der Waals surface area (Å²) in [7, 11) is 4.49. The molecule has 5 rings (SSSR count). The molecule has 2 heterocycles. The molecular weight excluding hydrogens is 488 g/mol. The first kappa shape index (κ1) is 23.0. The molecule has 3 aromatic carbocycles. The van der Waals surface area contributed by atoms with Gasteiger partial charge in [0.2, 0.25) is 5.75 Å². The summed E-state index contributed by atoms with van der Waals surface area (Å²) in [4.78, 5) is 19.4. The number of rotatable bonds is 6. The summed E-state index contributed by atoms with van der Waals surface area (Å²) in [6, 6.07) is 16.4. The molecule has 0 spiro atoms. The molecule has 9 heteroatoms. The zero-order valence-electron chi connectivity index (χ0n) is 19.2. The van der Waals surface area contributed by atoms with E-state index in [0.29, 0.717) is 43.2 Å². The number of aromatic nitrogens is 2. The van der Waals surface area contributed by atoms with Gasteiger partial charge in [-0.05, 0) is 17.7 Å². The monoisotopic (exact) mass is 508 g/mol. The largest absolute Gasteiger partial charge is 0.506 e. The lowest BCUT2D eigenvalue weighted by Crippen LogP contribution is -2.24. The van der Waals surface area contributed by atoms with Gasteiger partial charge in [-0.1, -0.05) is 54.1 Å². The topological polar surface area (TPSA) is 82.8 Å². The maximum atomic E-state index is 14.0. The fourth-order valence-corrected chi connectivity index (χ4v) is 5.55. The van der Waals surface area contributed by atoms with Gasteiger partial charge in [0.1, 0.15) is 16.4 Å². The van der Waals surface area contributed by atoms with Gasteiger partial charge in [-0.15, -0.1) is 11.3 Å². The summed E-state index contributed by atoms with van der Waals surface area (Å²) in [6.07, 6.45) is 0. The van der Waals surface area contributed by atoms with E-state index in [4.69, 9.17) is 30.8 Å². The number of hydrogen-bond donors (Lipinski definition) is 1. The van der Waals surface area contributed by atoms with Crippen molar-refractivity contribution in [3.8, 4) is 34.4 Å². The molecule has 5 aromatic rings. The molecule has 0 fully saturated rings. The fraction of sp³-hybridized carbons (Fsp3) is 0.154. The van der Waals surface area contributed by atoms with Crippen LogP contribution in [0, 0.1) is 0 Å². The third kappa shape index (κ3) is 3.75. The second kappa shape index (κ2) is 9.13. The van der Waals surface area contributed by atoms with E-state index in [-0.39, 0.29) is 28.6 Å². The Morgan fingerprint density at radius 2 is 1.74 bits per heavy atom. The van der Waals surface area contributed by atoms with Gasteiger partial charge in [-0.25, -0.2) is 4.98 Å². The first-order valence-corrected chi connectivity index (χ1v) is 11.9. The van der Waals surface area contributed by atoms with Gasteiger partial charge in [0.05, 0.1) is 43.0 Å². The summed E-state index contributed by atoms with van der Waals surface area (Å²) >= 11 is 8.04. The lowest BCUT2D eigenvalue weighted by atomic mass is 10.1. The SMILES string of the molecule is COc1cc(-c2nc3sc4c(O)cccc4c3c(=O)n2Cc2ccccc2)c(Cl)c(OC)c1OC. The predicted octanol–water partition coefficient (Wildman–Crippen LogP) is 5.71. The predicted molar refractivity (Wildman–Crippen MR) is 139 cm³/mol. The maximum absolute atomic E-state index is 14.0. The van der Waals surface area contributed by atoms with Crippen molar-refractivity contribution in [1.29, 1.82) is 0 Å². The van der Waals surface area contributed by atoms with Crippen molar-refractivity contribution in [2.24, 2.45) is 0 Å². The molecule has 1 N–H and O–H groups in total. The lowest BCUT2D eigenvalue weighted by Gasteiger charge is -2.18. The Morgan fingerprint density at radius 1 is 1.00 bits per heavy atom. The summed E-state index contributed by atoms with van der Waals surface area (Å²) in [5.41, 5.74) is 1.14. The van der Waals surface area contributed by atoms with Gasteiger partial charge in [0.15, 0.2) is 11.5 Å². The van der Waals surface area contributed by atoms with E-state index in [0.717, 1.165) is 5.56 Å². The van der Waals surface area contributed by atoms with Crippen LogP contribution in [-0.4, -0.2) is 36.0 Å². The van der Waals surface area contributed by atoms with Gasteiger partial charge in [0.25, 0.3) is 5.56 Å². The number of ether oxygens (including phenoxy) is 3. The second-order valence-corrected chi connectivity index (χ2v) is 9.13. The van der Waals surface area contributed by atoms with Crippen LogP contribution in [-0.2, 0) is 6.54 Å². The average molecular weight is 509 g/mol. The van der Waals surface area contributed by atoms with Crippen molar-refractivity contribution in [2.45, 2.75) is 6.54 Å². The van der Waals surface area contributed by atoms with Gasteiger partial charge in [-0.3, -0.25) is 9.36 Å². The number of halogens is 1. The molecule has 0 bridgehead atoms. The molecule has 0 aliphatic rings. The highest BCUT2D eigenvalue weighted by molar-refractivity contribution is 7.25. The highest BCUT2D eigenvalue weighted by atomic mass is 35.5. The number of benzene rings is 3. The minimum absolute atomic E-state index is 0.104. The van der Waals surface area contributed by atoms with Crippen molar-refractivity contribution < 1.29 is 19.3 Å². The van der Waals surface area contributed by atoms with Gasteiger partial charge in [-0.2, -0.15) is 0 Å². The van der Waals surface area contributed by atoms with Crippen LogP contribution in [0.25, 0.3) is 31.7 Å². The van der Waals surface area contributed by atoms with Crippen molar-refractivity contribution in [1.82, 2.24) is 9.55 Å². The average Bonchev–Trinajstić information content (AvgIpc) is 3.26. The molecule has 0 atom stereocenters. The molecule has 2 aromatic heterocycles. The summed E-state index contributed by atoms with van der Waals surface area (Å²) in [6.45, 7) is 0.265. The van der Waals surface area contributed by atoms with Crippen LogP contribution in [0.5, 0.6) is 23.0 Å². The minimum Gasteiger partial charge on any atom is -0.506 e. The molecule has 0 amide bonds. The van der Waals surface area contributed by atoms with Crippen LogP contribution in [0.3, 0.4) is 0 Å². The lowest BCUT2D eigenvalue weighted by molar-refractivity contribution is 0.324. The van der Waals surface area contributed by atoms with Crippen LogP contribution >= 0.6 is 22.9 Å². The molecule has 0 aliphatic carbocycles. The number of phenols is 1. The Balaban J connectivity index is 1.89. The number of nitrogens with zero attached hydrogens (tertiary/aromatic N) is 2. The molecule has 0 unspecified atom stereocenters. The van der Waals surface area contributed by atoms with E-state index in [9.17, 15) is 9.90 Å². The molecule has 178 valence electrons. The standard InChI is InChI=1S/C26H21ClN2O5S/c1-32-18-12-16(20(27)22(34-3)21(18)33-2)24-28-25-19(15-10-7-11-17(30)23(15)35-25)26(31)29(24)13-14-8-5-4-6-9-14/h4-12,30H,13H2,1-3H3. The van der Waals surface area contributed by atoms with Crippen LogP contribution in [0.2, 0.25) is 5.02 Å². The van der Waals surface area contributed by atoms with Crippen LogP contribution in [0.4, 0.5) is 0 Å². The van der Waals surface area contributed by atoms with E-state index in [1.807, 2.05) is 36.4 Å². The fourth-order valence-electron chi connectivity index (χ4n) is 4.17. The number of hydrogen-bond acceptors (Lipinski definition) is 7. The molecule has 0 saturated carbocycles. The third-order valence-electron chi connectivity index (χ3n) is 5.79. The van der Waals surface area contributed by atoms with Gasteiger partial charge >= 0.3 is 0 Å². The first-order valence-electron chi connectivity index (χ1n) is 10.7. The normalized spacial score (nSPS) is 11.2. The quantitative estimate of drug-likeness (QED) is 0.316. The maximum Gasteiger partial charge on any atom is 0.263 e. The Morgan fingerprint density at radius 3 is 2.43 bits per heavy atom. The highest BCUT2D eigenvalue weighted by Gasteiger charge is 2.25. The van der Waals surface area contributed by atoms with E-state index >= 15 is 0 Å². The number of methoxy groups -OCH3 is 3. The summed E-state index contributed by atoms with van der Waals surface area (Å²) in [5, 5.41) is 11.7. The second-order valence-electron chi connectivity index (χ2n) is 7.76. The smallest absolute Gasteiger partial charge is 0.263 e. The first-order chi connectivity index (χ1) is 17.0. The Hall–Kier alpha value is -3.75. The summed E-state index contributed by atoms with van der Waals surface area (Å²) < 4.78 is 18.7. The zero-order valence-corrected chi connectivity index (χ0v) is 20.7. The Bertz CT molecular complexity index is 1630. The van der Waals surface area contributed by atoms with E-state index in [2.05, 4.69) is 0 Å². The number of thiophene rings is 1. The molecular formula is C26H21ClN2O5S. The van der Waals surface area contributed by atoms with Crippen molar-refractivity contribution in [2.75, 3.05) is 21.3 Å². The third-order valence-corrected chi connectivity index (χ3v) is 7.29. The Labute approximate surface area is 209 Å². The molecule has 7 nitrogen and oxygen atoms in total. The molecule has 0 saturated heterocycles. The van der Waals surface area contributed by atoms with Crippen molar-refractivity contribution in [3.63, 3.8) is 0 Å². The highest BCUT2D eigenvalue weighted by Crippen LogP contribution is 2.48. The number of aromatic hydroxyl groups is 1. The molecule has 35 heavy (non-hydrogen) atoms. The zero-order chi connectivity index (χ0) is 24.7. The van der Waals surface area contributed by atoms with Crippen molar-refractivity contribution >= 4 is 43.2 Å². The van der Waals surface area contributed by atoms with Crippen molar-refractivity contribution in [3.05, 3.63) is 75.5 Å². The molecule has 0 radical (unpaired) electrons. The van der Waals surface area contributed by atoms with Crippen LogP contribution < -0.4 is 19.8 Å². The van der Waals surface area contributed by atoms with Gasteiger partial charge < -0.3 is 19.3 Å². The Kier molecular flexibility index (Phi) is 6.00. The van der Waals surface area contributed by atoms with Gasteiger partial charge in [0, 0.05) is 10.9 Å². The minimum atomic E-state index is -0.240. The summed E-state index contributed by atoms with van der Waals surface area (Å²) in [5.74, 6) is 1.46. The number of fused-ring (bicyclic) bond motifs is 3. The van der Waals surface area contributed by atoms with Crippen LogP contribution in [0.1, 0.15) is 5.56 Å². The number of phenolic OH excluding ortho intramolecular Hbond substituents is 1. The molecule has 0 aliphatic heterocycles. The van der Waals surface area contributed by atoms with E-state index in [1.54, 1.807) is 22.8 Å².